The van der Waals surface area contributed by atoms with Gasteiger partial charge < -0.3 is 9.84 Å². The molecule has 2 aliphatic carbocycles. The normalized spacial score (nSPS) is 45.1. The third kappa shape index (κ3) is 1.56. The quantitative estimate of drug-likeness (QED) is 0.670. The maximum atomic E-state index is 11.9. The van der Waals surface area contributed by atoms with E-state index in [9.17, 15) is 14.7 Å². The van der Waals surface area contributed by atoms with Gasteiger partial charge in [-0.3, -0.25) is 9.59 Å². The van der Waals surface area contributed by atoms with Gasteiger partial charge in [0.15, 0.2) is 5.78 Å². The molecule has 1 N–H and O–H groups in total. The molecule has 4 heteroatoms. The standard InChI is InChI=1S/C15H18O4/c1-7-9(16)4-5-15(3)6-10(17)11-8(2)14(18)19-13(11)12(7)15/h4-5,8,10-11,13,17H,6H2,1-3H3/t8-,10-,11+,13-,15+/m1/s1. The summed E-state index contributed by atoms with van der Waals surface area (Å²) in [6.07, 6.45) is 2.90. The summed E-state index contributed by atoms with van der Waals surface area (Å²) in [6.45, 7) is 5.56. The number of ketones is 1. The summed E-state index contributed by atoms with van der Waals surface area (Å²) >= 11 is 0. The minimum Gasteiger partial charge on any atom is -0.457 e. The first kappa shape index (κ1) is 12.6. The van der Waals surface area contributed by atoms with Crippen LogP contribution in [0.3, 0.4) is 0 Å². The Kier molecular flexibility index (Phi) is 2.52. The Hall–Kier alpha value is -1.42. The van der Waals surface area contributed by atoms with Crippen LogP contribution in [0.25, 0.3) is 0 Å². The number of carbonyl (C=O) groups is 2. The van der Waals surface area contributed by atoms with Gasteiger partial charge in [0.1, 0.15) is 6.10 Å². The lowest BCUT2D eigenvalue weighted by Gasteiger charge is -2.45. The van der Waals surface area contributed by atoms with Gasteiger partial charge in [-0.1, -0.05) is 19.9 Å². The van der Waals surface area contributed by atoms with Crippen molar-refractivity contribution < 1.29 is 19.4 Å². The zero-order valence-electron chi connectivity index (χ0n) is 11.3. The topological polar surface area (TPSA) is 63.6 Å². The highest BCUT2D eigenvalue weighted by molar-refractivity contribution is 6.05. The van der Waals surface area contributed by atoms with Gasteiger partial charge in [0.2, 0.25) is 0 Å². The molecule has 1 saturated carbocycles. The average molecular weight is 262 g/mol. The lowest BCUT2D eigenvalue weighted by atomic mass is 9.60. The first-order chi connectivity index (χ1) is 8.85. The number of allylic oxidation sites excluding steroid dienone is 3. The van der Waals surface area contributed by atoms with E-state index in [4.69, 9.17) is 4.74 Å². The first-order valence-electron chi connectivity index (χ1n) is 6.68. The molecule has 1 heterocycles. The summed E-state index contributed by atoms with van der Waals surface area (Å²) in [5, 5.41) is 10.4. The van der Waals surface area contributed by atoms with Gasteiger partial charge >= 0.3 is 5.97 Å². The fourth-order valence-corrected chi connectivity index (χ4v) is 3.84. The van der Waals surface area contributed by atoms with Crippen molar-refractivity contribution in [1.82, 2.24) is 0 Å². The number of carbonyl (C=O) groups excluding carboxylic acids is 2. The summed E-state index contributed by atoms with van der Waals surface area (Å²) in [4.78, 5) is 23.7. The second-order valence-corrected chi connectivity index (χ2v) is 6.15. The van der Waals surface area contributed by atoms with E-state index in [1.807, 2.05) is 13.0 Å². The third-order valence-corrected chi connectivity index (χ3v) is 4.90. The molecule has 0 aromatic heterocycles. The summed E-state index contributed by atoms with van der Waals surface area (Å²) in [5.74, 6) is -0.852. The number of esters is 1. The van der Waals surface area contributed by atoms with Crippen molar-refractivity contribution in [3.63, 3.8) is 0 Å². The van der Waals surface area contributed by atoms with Crippen molar-refractivity contribution in [3.8, 4) is 0 Å². The highest BCUT2D eigenvalue weighted by Crippen LogP contribution is 2.52. The van der Waals surface area contributed by atoms with E-state index in [0.717, 1.165) is 5.57 Å². The SMILES string of the molecule is CC1=C2[C@@H]3OC(=O)[C@H](C)[C@H]3[C@H](O)C[C@]2(C)C=CC1=O. The highest BCUT2D eigenvalue weighted by atomic mass is 16.6. The molecule has 3 rings (SSSR count). The second kappa shape index (κ2) is 3.79. The van der Waals surface area contributed by atoms with Gasteiger partial charge in [-0.05, 0) is 25.0 Å². The molecule has 0 aromatic rings. The van der Waals surface area contributed by atoms with Gasteiger partial charge in [0.25, 0.3) is 0 Å². The molecule has 4 nitrogen and oxygen atoms in total. The zero-order valence-corrected chi connectivity index (χ0v) is 11.3. The van der Waals surface area contributed by atoms with Gasteiger partial charge in [0.05, 0.1) is 12.0 Å². The van der Waals surface area contributed by atoms with Gasteiger partial charge in [-0.25, -0.2) is 0 Å². The number of hydrogen-bond donors (Lipinski definition) is 1. The van der Waals surface area contributed by atoms with Crippen molar-refractivity contribution in [2.75, 3.05) is 0 Å². The van der Waals surface area contributed by atoms with Crippen molar-refractivity contribution in [1.29, 1.82) is 0 Å². The third-order valence-electron chi connectivity index (χ3n) is 4.90. The van der Waals surface area contributed by atoms with Crippen LogP contribution in [-0.4, -0.2) is 29.1 Å². The molecule has 0 radical (unpaired) electrons. The zero-order chi connectivity index (χ0) is 13.9. The van der Waals surface area contributed by atoms with Crippen molar-refractivity contribution in [3.05, 3.63) is 23.3 Å². The predicted octanol–water partition coefficient (Wildman–Crippen LogP) is 1.39. The van der Waals surface area contributed by atoms with E-state index in [1.165, 1.54) is 0 Å². The lowest BCUT2D eigenvalue weighted by Crippen LogP contribution is -2.47. The number of aliphatic hydroxyl groups excluding tert-OH is 1. The molecule has 0 aromatic carbocycles. The smallest absolute Gasteiger partial charge is 0.309 e. The Bertz CT molecular complexity index is 530. The number of aliphatic hydroxyl groups is 1. The van der Waals surface area contributed by atoms with Crippen molar-refractivity contribution in [2.45, 2.75) is 39.4 Å². The molecule has 0 bridgehead atoms. The van der Waals surface area contributed by atoms with Crippen LogP contribution in [0.1, 0.15) is 27.2 Å². The van der Waals surface area contributed by atoms with Gasteiger partial charge in [-0.15, -0.1) is 0 Å². The molecule has 0 amide bonds. The number of hydrogen-bond acceptors (Lipinski definition) is 4. The molecule has 1 aliphatic heterocycles. The lowest BCUT2D eigenvalue weighted by molar-refractivity contribution is -0.143. The average Bonchev–Trinajstić information content (AvgIpc) is 2.61. The fraction of sp³-hybridized carbons (Fsp3) is 0.600. The Balaban J connectivity index is 2.14. The maximum Gasteiger partial charge on any atom is 0.309 e. The summed E-state index contributed by atoms with van der Waals surface area (Å²) in [7, 11) is 0. The minimum atomic E-state index is -0.578. The van der Waals surface area contributed by atoms with E-state index in [1.54, 1.807) is 19.9 Å². The van der Waals surface area contributed by atoms with Crippen molar-refractivity contribution in [2.24, 2.45) is 17.3 Å². The number of rotatable bonds is 0. The molecule has 19 heavy (non-hydrogen) atoms. The molecule has 0 unspecified atom stereocenters. The molecular weight excluding hydrogens is 244 g/mol. The van der Waals surface area contributed by atoms with E-state index >= 15 is 0 Å². The van der Waals surface area contributed by atoms with Crippen LogP contribution in [0.4, 0.5) is 0 Å². The molecule has 102 valence electrons. The Morgan fingerprint density at radius 3 is 2.79 bits per heavy atom. The summed E-state index contributed by atoms with van der Waals surface area (Å²) in [5.41, 5.74) is 1.16. The molecule has 2 fully saturated rings. The van der Waals surface area contributed by atoms with Crippen molar-refractivity contribution >= 4 is 11.8 Å². The van der Waals surface area contributed by atoms with Crippen LogP contribution >= 0.6 is 0 Å². The monoisotopic (exact) mass is 262 g/mol. The Labute approximate surface area is 112 Å². The van der Waals surface area contributed by atoms with Gasteiger partial charge in [0, 0.05) is 16.9 Å². The largest absolute Gasteiger partial charge is 0.457 e. The molecule has 5 atom stereocenters. The van der Waals surface area contributed by atoms with E-state index in [2.05, 4.69) is 0 Å². The Morgan fingerprint density at radius 1 is 1.42 bits per heavy atom. The van der Waals surface area contributed by atoms with E-state index in [0.29, 0.717) is 12.0 Å². The predicted molar refractivity (Wildman–Crippen MR) is 68.1 cm³/mol. The maximum absolute atomic E-state index is 11.9. The fourth-order valence-electron chi connectivity index (χ4n) is 3.84. The Morgan fingerprint density at radius 2 is 2.11 bits per heavy atom. The number of fused-ring (bicyclic) bond motifs is 3. The summed E-state index contributed by atoms with van der Waals surface area (Å²) < 4.78 is 5.46. The van der Waals surface area contributed by atoms with E-state index < -0.39 is 12.2 Å². The van der Waals surface area contributed by atoms with Crippen LogP contribution in [0, 0.1) is 17.3 Å². The summed E-state index contributed by atoms with van der Waals surface area (Å²) in [6, 6.07) is 0. The first-order valence-corrected chi connectivity index (χ1v) is 6.68. The molecule has 3 aliphatic rings. The highest BCUT2D eigenvalue weighted by Gasteiger charge is 2.56. The van der Waals surface area contributed by atoms with Crippen LogP contribution in [-0.2, 0) is 14.3 Å². The molecule has 0 spiro atoms. The van der Waals surface area contributed by atoms with Crippen LogP contribution in [0.5, 0.6) is 0 Å². The molecule has 1 saturated heterocycles. The van der Waals surface area contributed by atoms with Crippen LogP contribution in [0.2, 0.25) is 0 Å². The second-order valence-electron chi connectivity index (χ2n) is 6.15. The van der Waals surface area contributed by atoms with E-state index in [-0.39, 0.29) is 29.0 Å². The van der Waals surface area contributed by atoms with Gasteiger partial charge in [-0.2, -0.15) is 0 Å². The van der Waals surface area contributed by atoms with Crippen LogP contribution < -0.4 is 0 Å². The minimum absolute atomic E-state index is 0.0294. The number of ether oxygens (including phenoxy) is 1. The van der Waals surface area contributed by atoms with Crippen LogP contribution in [0.15, 0.2) is 23.3 Å². The molecular formula is C15H18O4.